The number of thiophene rings is 1. The first-order valence-corrected chi connectivity index (χ1v) is 11.9. The van der Waals surface area contributed by atoms with Gasteiger partial charge in [-0.2, -0.15) is 5.10 Å². The summed E-state index contributed by atoms with van der Waals surface area (Å²) in [6.07, 6.45) is 0.653. The van der Waals surface area contributed by atoms with Crippen LogP contribution in [0.2, 0.25) is 0 Å². The van der Waals surface area contributed by atoms with Crippen LogP contribution in [0.25, 0.3) is 10.8 Å². The van der Waals surface area contributed by atoms with Gasteiger partial charge in [0.1, 0.15) is 12.3 Å². The maximum absolute atomic E-state index is 13.5. The van der Waals surface area contributed by atoms with Crippen LogP contribution in [0.3, 0.4) is 0 Å². The maximum atomic E-state index is 13.5. The third-order valence-electron chi connectivity index (χ3n) is 5.80. The number of rotatable bonds is 9. The Morgan fingerprint density at radius 1 is 1.09 bits per heavy atom. The van der Waals surface area contributed by atoms with Crippen molar-refractivity contribution in [2.75, 3.05) is 7.11 Å². The predicted octanol–water partition coefficient (Wildman–Crippen LogP) is 3.82. The van der Waals surface area contributed by atoms with Gasteiger partial charge >= 0.3 is 5.97 Å². The van der Waals surface area contributed by atoms with Crippen LogP contribution in [0.5, 0.6) is 5.75 Å². The molecule has 0 aliphatic heterocycles. The zero-order chi connectivity index (χ0) is 24.9. The second-order valence-corrected chi connectivity index (χ2v) is 9.20. The molecular weight excluding hydrogens is 466 g/mol. The molecule has 2 heterocycles. The molecule has 0 aliphatic rings. The van der Waals surface area contributed by atoms with E-state index >= 15 is 0 Å². The van der Waals surface area contributed by atoms with E-state index in [1.165, 1.54) is 0 Å². The van der Waals surface area contributed by atoms with E-state index in [-0.39, 0.29) is 35.0 Å². The van der Waals surface area contributed by atoms with Crippen molar-refractivity contribution in [2.45, 2.75) is 32.5 Å². The first-order chi connectivity index (χ1) is 16.9. The van der Waals surface area contributed by atoms with Crippen LogP contribution in [-0.2, 0) is 24.3 Å². The minimum absolute atomic E-state index is 0.168. The molecule has 0 spiro atoms. The fraction of sp³-hybridized carbons (Fsp3) is 0.231. The molecule has 9 heteroatoms. The molecule has 1 amide bonds. The van der Waals surface area contributed by atoms with Crippen LogP contribution in [-0.4, -0.2) is 44.8 Å². The van der Waals surface area contributed by atoms with E-state index in [2.05, 4.69) is 5.10 Å². The normalized spacial score (nSPS) is 11.8. The number of amides is 1. The molecule has 35 heavy (non-hydrogen) atoms. The summed E-state index contributed by atoms with van der Waals surface area (Å²) < 4.78 is 6.17. The van der Waals surface area contributed by atoms with E-state index in [1.54, 1.807) is 47.6 Å². The molecular formula is C26H25N3O5S. The van der Waals surface area contributed by atoms with Crippen molar-refractivity contribution in [3.8, 4) is 5.75 Å². The molecule has 1 atom stereocenters. The molecule has 0 saturated heterocycles. The molecule has 1 N–H and O–H groups in total. The molecule has 1 unspecified atom stereocenters. The Balaban J connectivity index is 1.67. The Morgan fingerprint density at radius 3 is 2.43 bits per heavy atom. The average Bonchev–Trinajstić information content (AvgIpc) is 3.37. The zero-order valence-corrected chi connectivity index (χ0v) is 20.2. The minimum Gasteiger partial charge on any atom is -0.497 e. The smallest absolute Gasteiger partial charge is 0.357 e. The topological polar surface area (TPSA) is 102 Å². The summed E-state index contributed by atoms with van der Waals surface area (Å²) in [5.74, 6) is -0.874. The quantitative estimate of drug-likeness (QED) is 0.382. The summed E-state index contributed by atoms with van der Waals surface area (Å²) in [4.78, 5) is 41.2. The van der Waals surface area contributed by atoms with Crippen LogP contribution in [0.15, 0.2) is 70.8 Å². The number of nitrogens with zero attached hydrogens (tertiary/aromatic N) is 3. The number of carbonyl (C=O) groups is 2. The number of benzene rings is 2. The first-order valence-electron chi connectivity index (χ1n) is 11.0. The largest absolute Gasteiger partial charge is 0.497 e. The summed E-state index contributed by atoms with van der Waals surface area (Å²) in [6, 6.07) is 17.6. The van der Waals surface area contributed by atoms with E-state index < -0.39 is 11.5 Å². The second kappa shape index (κ2) is 10.5. The van der Waals surface area contributed by atoms with Gasteiger partial charge in [-0.25, -0.2) is 9.48 Å². The molecule has 0 radical (unpaired) electrons. The Bertz CT molecular complexity index is 1400. The van der Waals surface area contributed by atoms with Crippen molar-refractivity contribution in [1.29, 1.82) is 0 Å². The number of carboxylic acid groups (broad SMARTS) is 1. The maximum Gasteiger partial charge on any atom is 0.357 e. The highest BCUT2D eigenvalue weighted by Crippen LogP contribution is 2.19. The lowest BCUT2D eigenvalue weighted by atomic mass is 10.1. The number of aromatic carboxylic acids is 1. The number of carbonyl (C=O) groups excluding carboxylic acids is 1. The summed E-state index contributed by atoms with van der Waals surface area (Å²) >= 11 is 1.62. The molecule has 180 valence electrons. The Hall–Kier alpha value is -3.98. The third kappa shape index (κ3) is 5.41. The number of methoxy groups -OCH3 is 1. The molecule has 4 rings (SSSR count). The van der Waals surface area contributed by atoms with Gasteiger partial charge in [0.05, 0.1) is 12.5 Å². The molecule has 4 aromatic rings. The van der Waals surface area contributed by atoms with Gasteiger partial charge in [0.15, 0.2) is 5.69 Å². The third-order valence-corrected chi connectivity index (χ3v) is 6.70. The lowest BCUT2D eigenvalue weighted by molar-refractivity contribution is -0.134. The van der Waals surface area contributed by atoms with Gasteiger partial charge in [0.2, 0.25) is 5.91 Å². The van der Waals surface area contributed by atoms with E-state index in [1.807, 2.05) is 48.7 Å². The average molecular weight is 492 g/mol. The predicted molar refractivity (Wildman–Crippen MR) is 134 cm³/mol. The molecule has 8 nitrogen and oxygen atoms in total. The molecule has 0 saturated carbocycles. The van der Waals surface area contributed by atoms with Gasteiger partial charge in [0, 0.05) is 29.3 Å². The Morgan fingerprint density at radius 2 is 1.80 bits per heavy atom. The highest BCUT2D eigenvalue weighted by atomic mass is 32.1. The summed E-state index contributed by atoms with van der Waals surface area (Å²) in [6.45, 7) is 1.92. The Labute approximate surface area is 206 Å². The standard InChI is InChI=1S/C26H25N3O5S/c1-17(14-20-6-5-13-35-20)28(15-18-9-11-19(34-2)12-10-18)23(30)16-29-25(31)22-8-4-3-7-21(22)24(27-29)26(32)33/h3-13,17H,14-16H2,1-2H3,(H,32,33). The van der Waals surface area contributed by atoms with Gasteiger partial charge in [-0.15, -0.1) is 11.3 Å². The number of aromatic nitrogens is 2. The van der Waals surface area contributed by atoms with Crippen LogP contribution >= 0.6 is 11.3 Å². The van der Waals surface area contributed by atoms with Crippen LogP contribution in [0.4, 0.5) is 0 Å². The number of ether oxygens (including phenoxy) is 1. The lowest BCUT2D eigenvalue weighted by Crippen LogP contribution is -2.43. The zero-order valence-electron chi connectivity index (χ0n) is 19.4. The van der Waals surface area contributed by atoms with Crippen molar-refractivity contribution >= 4 is 34.0 Å². The van der Waals surface area contributed by atoms with Crippen molar-refractivity contribution in [3.63, 3.8) is 0 Å². The van der Waals surface area contributed by atoms with Gasteiger partial charge in [-0.05, 0) is 42.1 Å². The van der Waals surface area contributed by atoms with E-state index in [9.17, 15) is 19.5 Å². The minimum atomic E-state index is -1.26. The summed E-state index contributed by atoms with van der Waals surface area (Å²) in [7, 11) is 1.59. The van der Waals surface area contributed by atoms with Crippen molar-refractivity contribution in [2.24, 2.45) is 0 Å². The number of fused-ring (bicyclic) bond motifs is 1. The second-order valence-electron chi connectivity index (χ2n) is 8.16. The number of carboxylic acids is 1. The summed E-state index contributed by atoms with van der Waals surface area (Å²) in [5, 5.41) is 16.1. The van der Waals surface area contributed by atoms with E-state index in [0.29, 0.717) is 18.7 Å². The van der Waals surface area contributed by atoms with Crippen molar-refractivity contribution in [3.05, 3.63) is 92.5 Å². The van der Waals surface area contributed by atoms with Crippen LogP contribution in [0.1, 0.15) is 27.9 Å². The van der Waals surface area contributed by atoms with Crippen molar-refractivity contribution < 1.29 is 19.4 Å². The molecule has 0 fully saturated rings. The van der Waals surface area contributed by atoms with E-state index in [4.69, 9.17) is 4.74 Å². The van der Waals surface area contributed by atoms with Crippen molar-refractivity contribution in [1.82, 2.24) is 14.7 Å². The first kappa shape index (κ1) is 24.2. The Kier molecular flexibility index (Phi) is 7.26. The highest BCUT2D eigenvalue weighted by Gasteiger charge is 2.24. The summed E-state index contributed by atoms with van der Waals surface area (Å²) in [5.41, 5.74) is 0.137. The van der Waals surface area contributed by atoms with Gasteiger partial charge < -0.3 is 14.7 Å². The lowest BCUT2D eigenvalue weighted by Gasteiger charge is -2.29. The van der Waals surface area contributed by atoms with Crippen LogP contribution in [0, 0.1) is 0 Å². The van der Waals surface area contributed by atoms with Crippen LogP contribution < -0.4 is 10.3 Å². The molecule has 0 bridgehead atoms. The molecule has 2 aromatic carbocycles. The fourth-order valence-corrected chi connectivity index (χ4v) is 4.79. The number of hydrogen-bond acceptors (Lipinski definition) is 6. The highest BCUT2D eigenvalue weighted by molar-refractivity contribution is 7.09. The van der Waals surface area contributed by atoms with Gasteiger partial charge in [0.25, 0.3) is 5.56 Å². The molecule has 0 aliphatic carbocycles. The monoisotopic (exact) mass is 491 g/mol. The van der Waals surface area contributed by atoms with E-state index in [0.717, 1.165) is 15.1 Å². The SMILES string of the molecule is COc1ccc(CN(C(=O)Cn2nc(C(=O)O)c3ccccc3c2=O)C(C)Cc2cccs2)cc1. The fourth-order valence-electron chi connectivity index (χ4n) is 3.97. The van der Waals surface area contributed by atoms with Gasteiger partial charge in [-0.1, -0.05) is 36.4 Å². The van der Waals surface area contributed by atoms with Gasteiger partial charge in [-0.3, -0.25) is 9.59 Å². The molecule has 2 aromatic heterocycles. The number of hydrogen-bond donors (Lipinski definition) is 1.